The van der Waals surface area contributed by atoms with E-state index in [4.69, 9.17) is 9.31 Å². The Kier molecular flexibility index (Phi) is 5.76. The second-order valence-corrected chi connectivity index (χ2v) is 4.08. The second kappa shape index (κ2) is 7.11. The maximum Gasteiger partial charge on any atom is 0.602 e. The van der Waals surface area contributed by atoms with Crippen molar-refractivity contribution in [3.05, 3.63) is 12.2 Å². The van der Waals surface area contributed by atoms with Crippen LogP contribution in [0.15, 0.2) is 12.2 Å². The zero-order chi connectivity index (χ0) is 12.7. The van der Waals surface area contributed by atoms with Crippen molar-refractivity contribution < 1.29 is 18.9 Å². The lowest BCUT2D eigenvalue weighted by Crippen LogP contribution is -2.42. The van der Waals surface area contributed by atoms with Gasteiger partial charge in [-0.2, -0.15) is 0 Å². The van der Waals surface area contributed by atoms with Gasteiger partial charge in [-0.25, -0.2) is 0 Å². The Morgan fingerprint density at radius 2 is 1.82 bits per heavy atom. The lowest BCUT2D eigenvalue weighted by molar-refractivity contribution is -0.145. The standard InChI is InChI=1S/C11H18BNO4/c1-3-4-5-6-7-12-16-10(14)8-13(2)9-11(15)17-12/h5-6H,3-4,7-9H2,1-2H3/b6-5+. The number of hydrogen-bond acceptors (Lipinski definition) is 5. The van der Waals surface area contributed by atoms with Crippen LogP contribution in [0.3, 0.4) is 0 Å². The van der Waals surface area contributed by atoms with Crippen LogP contribution >= 0.6 is 0 Å². The summed E-state index contributed by atoms with van der Waals surface area (Å²) in [5, 5.41) is 0. The van der Waals surface area contributed by atoms with Crippen LogP contribution in [0.25, 0.3) is 0 Å². The molecule has 0 unspecified atom stereocenters. The third kappa shape index (κ3) is 5.54. The van der Waals surface area contributed by atoms with Crippen LogP contribution < -0.4 is 0 Å². The monoisotopic (exact) mass is 239 g/mol. The van der Waals surface area contributed by atoms with E-state index in [1.165, 1.54) is 0 Å². The molecule has 0 N–H and O–H groups in total. The van der Waals surface area contributed by atoms with Gasteiger partial charge < -0.3 is 9.31 Å². The van der Waals surface area contributed by atoms with Gasteiger partial charge in [0.25, 0.3) is 0 Å². The fourth-order valence-electron chi connectivity index (χ4n) is 1.48. The Bertz CT molecular complexity index is 286. The minimum absolute atomic E-state index is 0.115. The Labute approximate surface area is 102 Å². The van der Waals surface area contributed by atoms with E-state index in [2.05, 4.69) is 6.92 Å². The van der Waals surface area contributed by atoms with E-state index in [9.17, 15) is 9.59 Å². The molecule has 0 aliphatic carbocycles. The number of rotatable bonds is 4. The number of nitrogens with zero attached hydrogens (tertiary/aromatic N) is 1. The van der Waals surface area contributed by atoms with Crippen LogP contribution in [0.5, 0.6) is 0 Å². The van der Waals surface area contributed by atoms with Crippen LogP contribution in [0.4, 0.5) is 0 Å². The highest BCUT2D eigenvalue weighted by molar-refractivity contribution is 6.49. The first-order valence-electron chi connectivity index (χ1n) is 5.84. The maximum atomic E-state index is 11.4. The summed E-state index contributed by atoms with van der Waals surface area (Å²) in [5.74, 6) is -0.734. The van der Waals surface area contributed by atoms with Crippen LogP contribution in [0.1, 0.15) is 19.8 Å². The fourth-order valence-corrected chi connectivity index (χ4v) is 1.48. The van der Waals surface area contributed by atoms with Gasteiger partial charge in [0.2, 0.25) is 0 Å². The molecular weight excluding hydrogens is 221 g/mol. The van der Waals surface area contributed by atoms with Gasteiger partial charge in [0.05, 0.1) is 13.1 Å². The van der Waals surface area contributed by atoms with Crippen LogP contribution in [-0.2, 0) is 18.9 Å². The summed E-state index contributed by atoms with van der Waals surface area (Å²) in [6.07, 6.45) is 6.32. The molecule has 1 aliphatic rings. The first-order valence-corrected chi connectivity index (χ1v) is 5.84. The number of allylic oxidation sites excluding steroid dienone is 2. The smallest absolute Gasteiger partial charge is 0.498 e. The molecule has 1 saturated heterocycles. The average molecular weight is 239 g/mol. The van der Waals surface area contributed by atoms with Gasteiger partial charge in [0, 0.05) is 6.32 Å². The van der Waals surface area contributed by atoms with Crippen molar-refractivity contribution in [1.82, 2.24) is 4.90 Å². The third-order valence-electron chi connectivity index (χ3n) is 2.27. The largest absolute Gasteiger partial charge is 0.602 e. The van der Waals surface area contributed by atoms with Crippen LogP contribution in [-0.4, -0.2) is 44.1 Å². The summed E-state index contributed by atoms with van der Waals surface area (Å²) < 4.78 is 10.1. The van der Waals surface area contributed by atoms with Gasteiger partial charge in [-0.05, 0) is 13.5 Å². The normalized spacial score (nSPS) is 18.8. The molecular formula is C11H18BNO4. The summed E-state index contributed by atoms with van der Waals surface area (Å²) in [6.45, 7) is 2.31. The molecule has 0 radical (unpaired) electrons. The van der Waals surface area contributed by atoms with E-state index >= 15 is 0 Å². The Morgan fingerprint density at radius 3 is 2.35 bits per heavy atom. The van der Waals surface area contributed by atoms with Gasteiger partial charge in [-0.3, -0.25) is 14.5 Å². The molecule has 0 saturated carbocycles. The van der Waals surface area contributed by atoms with Crippen molar-refractivity contribution >= 4 is 19.1 Å². The second-order valence-electron chi connectivity index (χ2n) is 4.08. The molecule has 1 fully saturated rings. The van der Waals surface area contributed by atoms with Gasteiger partial charge in [0.15, 0.2) is 0 Å². The predicted octanol–water partition coefficient (Wildman–Crippen LogP) is 0.863. The van der Waals surface area contributed by atoms with E-state index in [1.807, 2.05) is 12.2 Å². The zero-order valence-electron chi connectivity index (χ0n) is 10.3. The summed E-state index contributed by atoms with van der Waals surface area (Å²) in [7, 11) is 0.890. The Balaban J connectivity index is 2.47. The van der Waals surface area contributed by atoms with Crippen molar-refractivity contribution in [1.29, 1.82) is 0 Å². The first-order chi connectivity index (χ1) is 8.11. The van der Waals surface area contributed by atoms with Crippen molar-refractivity contribution in [3.63, 3.8) is 0 Å². The minimum Gasteiger partial charge on any atom is -0.498 e. The van der Waals surface area contributed by atoms with Gasteiger partial charge in [-0.1, -0.05) is 25.5 Å². The molecule has 6 heteroatoms. The van der Waals surface area contributed by atoms with Gasteiger partial charge >= 0.3 is 19.1 Å². The quantitative estimate of drug-likeness (QED) is 0.538. The number of likely N-dealkylation sites (N-methyl/N-ethyl adjacent to an activating group) is 1. The molecule has 1 heterocycles. The predicted molar refractivity (Wildman–Crippen MR) is 64.3 cm³/mol. The van der Waals surface area contributed by atoms with E-state index in [-0.39, 0.29) is 25.0 Å². The molecule has 1 rings (SSSR count). The molecule has 0 bridgehead atoms. The average Bonchev–Trinajstić information content (AvgIpc) is 2.21. The highest BCUT2D eigenvalue weighted by Crippen LogP contribution is 2.05. The summed E-state index contributed by atoms with van der Waals surface area (Å²) >= 11 is 0. The molecule has 5 nitrogen and oxygen atoms in total. The summed E-state index contributed by atoms with van der Waals surface area (Å²) in [5.41, 5.74) is 0. The molecule has 17 heavy (non-hydrogen) atoms. The van der Waals surface area contributed by atoms with Crippen LogP contribution in [0.2, 0.25) is 6.32 Å². The molecule has 0 aromatic rings. The highest BCUT2D eigenvalue weighted by Gasteiger charge is 2.30. The Morgan fingerprint density at radius 1 is 1.24 bits per heavy atom. The highest BCUT2D eigenvalue weighted by atomic mass is 16.6. The first kappa shape index (κ1) is 13.8. The van der Waals surface area contributed by atoms with Crippen molar-refractivity contribution in [3.8, 4) is 0 Å². The van der Waals surface area contributed by atoms with Gasteiger partial charge in [0.1, 0.15) is 0 Å². The van der Waals surface area contributed by atoms with Crippen molar-refractivity contribution in [2.75, 3.05) is 20.1 Å². The van der Waals surface area contributed by atoms with Gasteiger partial charge in [-0.15, -0.1) is 0 Å². The molecule has 0 aromatic carbocycles. The molecule has 94 valence electrons. The third-order valence-corrected chi connectivity index (χ3v) is 2.27. The molecule has 0 atom stereocenters. The van der Waals surface area contributed by atoms with E-state index in [0.717, 1.165) is 12.8 Å². The molecule has 1 aliphatic heterocycles. The minimum atomic E-state index is -0.781. The van der Waals surface area contributed by atoms with Crippen molar-refractivity contribution in [2.24, 2.45) is 0 Å². The van der Waals surface area contributed by atoms with E-state index in [0.29, 0.717) is 6.32 Å². The SMILES string of the molecule is CCC/C=C/CB1OC(=O)CN(C)CC(=O)O1. The summed E-state index contributed by atoms with van der Waals surface area (Å²) in [6, 6.07) is 0. The maximum absolute atomic E-state index is 11.4. The summed E-state index contributed by atoms with van der Waals surface area (Å²) in [4.78, 5) is 24.3. The number of hydrogen-bond donors (Lipinski definition) is 0. The lowest BCUT2D eigenvalue weighted by atomic mass is 9.84. The van der Waals surface area contributed by atoms with Crippen LogP contribution in [0, 0.1) is 0 Å². The molecule has 0 spiro atoms. The van der Waals surface area contributed by atoms with Crippen molar-refractivity contribution in [2.45, 2.75) is 26.1 Å². The fraction of sp³-hybridized carbons (Fsp3) is 0.636. The van der Waals surface area contributed by atoms with E-state index < -0.39 is 7.12 Å². The number of unbranched alkanes of at least 4 members (excludes halogenated alkanes) is 1. The van der Waals surface area contributed by atoms with E-state index in [1.54, 1.807) is 11.9 Å². The molecule has 0 amide bonds. The lowest BCUT2D eigenvalue weighted by Gasteiger charge is -2.21. The topological polar surface area (TPSA) is 55.8 Å². The zero-order valence-corrected chi connectivity index (χ0v) is 10.3. The number of carbonyl (C=O) groups is 2. The Hall–Kier alpha value is -1.30. The number of carbonyl (C=O) groups excluding carboxylic acids is 2. The molecule has 0 aromatic heterocycles.